The van der Waals surface area contributed by atoms with Crippen molar-refractivity contribution < 1.29 is 42.1 Å². The molecular weight excluding hydrogens is 871 g/mol. The summed E-state index contributed by atoms with van der Waals surface area (Å²) in [5.74, 6) is -0.527. The number of aromatic nitrogens is 3. The number of imidazole rings is 1. The summed E-state index contributed by atoms with van der Waals surface area (Å²) in [6.45, 7) is 1.35. The molecule has 0 saturated heterocycles. The van der Waals surface area contributed by atoms with Crippen molar-refractivity contribution in [1.29, 1.82) is 0 Å². The summed E-state index contributed by atoms with van der Waals surface area (Å²) in [6, 6.07) is 38.3. The van der Waals surface area contributed by atoms with Gasteiger partial charge >= 0.3 is 18.2 Å². The van der Waals surface area contributed by atoms with Crippen LogP contribution in [0.5, 0.6) is 17.6 Å². The van der Waals surface area contributed by atoms with Gasteiger partial charge in [0, 0.05) is 32.9 Å². The highest BCUT2D eigenvalue weighted by molar-refractivity contribution is 9.10. The number of benzene rings is 5. The SMILES string of the molecule is COc1nc2ccc(Br)cc2cc1[C@@H](c1ccccc1)[C@@](O)(CCN(C)C)c1cccc2ccccc12.O=[N+]([O-])c1cn2c(n1)OC[C@@H](OCc1ccc(OC(F)(F)F)cc1)C2. The van der Waals surface area contributed by atoms with Crippen molar-refractivity contribution in [2.45, 2.75) is 43.6 Å². The summed E-state index contributed by atoms with van der Waals surface area (Å²) in [7, 11) is 5.73. The van der Waals surface area contributed by atoms with Crippen LogP contribution in [0.3, 0.4) is 0 Å². The minimum absolute atomic E-state index is 0.145. The van der Waals surface area contributed by atoms with E-state index < -0.39 is 22.8 Å². The molecule has 0 unspecified atom stereocenters. The molecule has 62 heavy (non-hydrogen) atoms. The fourth-order valence-electron chi connectivity index (χ4n) is 7.57. The first kappa shape index (κ1) is 44.0. The van der Waals surface area contributed by atoms with Crippen LogP contribution in [0.15, 0.2) is 132 Å². The number of pyridine rings is 1. The Morgan fingerprint density at radius 3 is 2.39 bits per heavy atom. The average Bonchev–Trinajstić information content (AvgIpc) is 3.69. The molecule has 0 radical (unpaired) electrons. The Hall–Kier alpha value is -6.07. The van der Waals surface area contributed by atoms with Crippen LogP contribution in [0.1, 0.15) is 34.6 Å². The molecule has 0 fully saturated rings. The molecule has 1 aliphatic rings. The van der Waals surface area contributed by atoms with E-state index in [1.54, 1.807) is 7.11 Å². The van der Waals surface area contributed by atoms with Gasteiger partial charge in [0.25, 0.3) is 0 Å². The van der Waals surface area contributed by atoms with Crippen LogP contribution in [-0.2, 0) is 23.5 Å². The van der Waals surface area contributed by atoms with Gasteiger partial charge < -0.3 is 39.1 Å². The van der Waals surface area contributed by atoms with Gasteiger partial charge in [-0.15, -0.1) is 13.2 Å². The Balaban J connectivity index is 0.000000201. The lowest BCUT2D eigenvalue weighted by molar-refractivity contribution is -0.389. The molecule has 0 amide bonds. The van der Waals surface area contributed by atoms with Gasteiger partial charge in [0.1, 0.15) is 30.3 Å². The maximum Gasteiger partial charge on any atom is 0.573 e. The predicted octanol–water partition coefficient (Wildman–Crippen LogP) is 9.80. The van der Waals surface area contributed by atoms with Gasteiger partial charge in [0.2, 0.25) is 5.88 Å². The lowest BCUT2D eigenvalue weighted by Gasteiger charge is -2.39. The molecule has 0 spiro atoms. The first-order chi connectivity index (χ1) is 29.7. The van der Waals surface area contributed by atoms with E-state index in [0.29, 0.717) is 31.0 Å². The number of hydrogen-bond donors (Lipinski definition) is 1. The van der Waals surface area contributed by atoms with Crippen LogP contribution in [0, 0.1) is 10.1 Å². The Morgan fingerprint density at radius 1 is 0.952 bits per heavy atom. The number of rotatable bonds is 13. The molecule has 12 nitrogen and oxygen atoms in total. The number of alkyl halides is 3. The molecule has 2 aromatic heterocycles. The molecule has 1 N–H and O–H groups in total. The van der Waals surface area contributed by atoms with Gasteiger partial charge in [-0.1, -0.05) is 101 Å². The standard InChI is InChI=1S/C32H31BrN2O2.C14H12F3N3O5/c1-35(2)19-18-32(36,28-15-9-13-22-10-7-8-14-26(22)28)30(23-11-5-4-6-12-23)27-21-24-20-25(33)16-17-29(24)34-31(27)37-3;15-14(16,17)25-10-3-1-9(2-4-10)7-23-11-5-19-6-12(20(21)22)18-13(19)24-8-11/h4-17,20-21,30,36H,18-19H2,1-3H3;1-4,6,11H,5,7-8H2/t30-,32-;11-/m10/s1. The van der Waals surface area contributed by atoms with Gasteiger partial charge in [0.05, 0.1) is 25.8 Å². The highest BCUT2D eigenvalue weighted by Crippen LogP contribution is 2.49. The van der Waals surface area contributed by atoms with Crippen LogP contribution in [0.25, 0.3) is 21.7 Å². The maximum atomic E-state index is 13.0. The summed E-state index contributed by atoms with van der Waals surface area (Å²) in [5.41, 5.74) is 3.01. The Morgan fingerprint density at radius 2 is 1.68 bits per heavy atom. The third kappa shape index (κ3) is 10.3. The van der Waals surface area contributed by atoms with Crippen molar-refractivity contribution >= 4 is 43.4 Å². The highest BCUT2D eigenvalue weighted by atomic mass is 79.9. The Labute approximate surface area is 363 Å². The normalized spacial score (nSPS) is 15.2. The molecule has 5 aromatic carbocycles. The second-order valence-electron chi connectivity index (χ2n) is 15.0. The number of fused-ring (bicyclic) bond motifs is 3. The Kier molecular flexibility index (Phi) is 13.4. The summed E-state index contributed by atoms with van der Waals surface area (Å²) >= 11 is 3.60. The molecule has 0 bridgehead atoms. The van der Waals surface area contributed by atoms with Crippen LogP contribution < -0.4 is 14.2 Å². The molecule has 0 saturated carbocycles. The quantitative estimate of drug-likeness (QED) is 0.0881. The van der Waals surface area contributed by atoms with E-state index in [4.69, 9.17) is 19.2 Å². The van der Waals surface area contributed by atoms with Gasteiger partial charge in [-0.2, -0.15) is 0 Å². The number of aliphatic hydroxyl groups is 1. The Bertz CT molecular complexity index is 2640. The van der Waals surface area contributed by atoms with E-state index in [0.717, 1.165) is 42.8 Å². The molecule has 7 aromatic rings. The summed E-state index contributed by atoms with van der Waals surface area (Å²) < 4.78 is 59.4. The molecule has 1 aliphatic heterocycles. The highest BCUT2D eigenvalue weighted by Gasteiger charge is 2.43. The second kappa shape index (κ2) is 18.9. The van der Waals surface area contributed by atoms with Gasteiger partial charge in [0.15, 0.2) is 0 Å². The van der Waals surface area contributed by atoms with E-state index in [-0.39, 0.29) is 36.9 Å². The topological polar surface area (TPSA) is 134 Å². The van der Waals surface area contributed by atoms with E-state index in [1.807, 2.05) is 62.6 Å². The zero-order valence-corrected chi connectivity index (χ0v) is 35.5. The maximum absolute atomic E-state index is 13.0. The summed E-state index contributed by atoms with van der Waals surface area (Å²) in [4.78, 5) is 20.8. The number of halogens is 4. The van der Waals surface area contributed by atoms with Crippen molar-refractivity contribution in [1.82, 2.24) is 19.4 Å². The molecule has 322 valence electrons. The first-order valence-electron chi connectivity index (χ1n) is 19.6. The number of nitro groups is 1. The van der Waals surface area contributed by atoms with Gasteiger partial charge in [-0.25, -0.2) is 4.98 Å². The zero-order chi connectivity index (χ0) is 44.0. The number of ether oxygens (including phenoxy) is 4. The number of hydrogen-bond acceptors (Lipinski definition) is 10. The van der Waals surface area contributed by atoms with Crippen LogP contribution in [-0.4, -0.2) is 76.3 Å². The van der Waals surface area contributed by atoms with E-state index >= 15 is 0 Å². The largest absolute Gasteiger partial charge is 0.573 e. The van der Waals surface area contributed by atoms with E-state index in [2.05, 4.69) is 79.1 Å². The minimum atomic E-state index is -4.73. The third-order valence-electron chi connectivity index (χ3n) is 10.4. The van der Waals surface area contributed by atoms with Crippen molar-refractivity contribution in [3.63, 3.8) is 0 Å². The molecule has 8 rings (SSSR count). The van der Waals surface area contributed by atoms with E-state index in [9.17, 15) is 28.4 Å². The van der Waals surface area contributed by atoms with Crippen LogP contribution >= 0.6 is 15.9 Å². The number of methoxy groups -OCH3 is 1. The van der Waals surface area contributed by atoms with Crippen LogP contribution in [0.2, 0.25) is 0 Å². The zero-order valence-electron chi connectivity index (χ0n) is 34.0. The molecule has 3 heterocycles. The molecule has 16 heteroatoms. The smallest absolute Gasteiger partial charge is 0.481 e. The third-order valence-corrected chi connectivity index (χ3v) is 10.9. The first-order valence-corrected chi connectivity index (χ1v) is 20.3. The van der Waals surface area contributed by atoms with Crippen molar-refractivity contribution in [3.05, 3.63) is 164 Å². The molecule has 0 aliphatic carbocycles. The molecule has 3 atom stereocenters. The fourth-order valence-corrected chi connectivity index (χ4v) is 7.95. The average molecular weight is 915 g/mol. The minimum Gasteiger partial charge on any atom is -0.481 e. The lowest BCUT2D eigenvalue weighted by Crippen LogP contribution is -2.38. The van der Waals surface area contributed by atoms with E-state index in [1.165, 1.54) is 35.0 Å². The van der Waals surface area contributed by atoms with Crippen LogP contribution in [0.4, 0.5) is 19.0 Å². The summed E-state index contributed by atoms with van der Waals surface area (Å²) in [5, 5.41) is 26.8. The van der Waals surface area contributed by atoms with Crippen molar-refractivity contribution in [2.24, 2.45) is 0 Å². The fraction of sp³-hybridized carbons (Fsp3) is 0.261. The number of nitrogens with zero attached hydrogens (tertiary/aromatic N) is 5. The van der Waals surface area contributed by atoms with Crippen molar-refractivity contribution in [2.75, 3.05) is 34.4 Å². The molecular formula is C46H43BrF3N5O7. The lowest BCUT2D eigenvalue weighted by atomic mass is 9.70. The predicted molar refractivity (Wildman–Crippen MR) is 231 cm³/mol. The second-order valence-corrected chi connectivity index (χ2v) is 15.9. The van der Waals surface area contributed by atoms with Gasteiger partial charge in [-0.05, 0) is 89.3 Å². The van der Waals surface area contributed by atoms with Gasteiger partial charge in [-0.3, -0.25) is 4.57 Å². The monoisotopic (exact) mass is 913 g/mol. The summed E-state index contributed by atoms with van der Waals surface area (Å²) in [6.07, 6.45) is -3.32. The van der Waals surface area contributed by atoms with Crippen molar-refractivity contribution in [3.8, 4) is 17.6 Å².